The van der Waals surface area contributed by atoms with Crippen LogP contribution in [0.2, 0.25) is 0 Å². The standard InChI is InChI=1S/C16H23FO2.C16H26N2O2.C14H21NO2.C12H20N4O2.C12H26N2O3.C11H21NO4/c1-19-11-14(18)10-12-6-8-13(9-7-12)15-4-2-3-5-16(15)17;1-20-14-16(19)13-18-11-9-17(10-12-18)8-7-15-5-3-2-4-6-15;1-17-10-12(16)9-15-14-8-4-6-11-5-2-3-7-13(11)14;1-18-10-11(17)9-15-4-6-16(7-5-15)12-8-13-2-3-14-12;1-3-17-9-8-13-4-6-14(7-5-13)10-12(15)11-16-2;1-14-9-10(13)8-12-4-2-11(3-5-12)15-6-7-16-11/h2-5,12-14,18H,6-11H2,1H3;2-6,16,19H,7-14H2,1H3;2-3,5,7,12,14-16H,4,6,8-10H2,1H3;2-3,8,11,17H,4-7,9-10H2,1H3;12,15H,3-11H2,1-2H3;10,13H,2-9H2,1H3/t;;12?,14-;;;/m..1.../s1. The minimum absolute atomic E-state index is 0.0784. The number of aliphatic hydroxyl groups is 6. The van der Waals surface area contributed by atoms with Crippen LogP contribution in [-0.2, 0) is 55.5 Å². The van der Waals surface area contributed by atoms with E-state index in [1.54, 1.807) is 73.4 Å². The molecule has 1 spiro atoms. The molecular weight excluding hydrogens is 1370 g/mol. The summed E-state index contributed by atoms with van der Waals surface area (Å²) >= 11 is 0. The summed E-state index contributed by atoms with van der Waals surface area (Å²) < 4.78 is 60.0. The second-order valence-corrected chi connectivity index (χ2v) is 29.2. The van der Waals surface area contributed by atoms with Gasteiger partial charge in [-0.15, -0.1) is 0 Å². The Bertz CT molecular complexity index is 2800. The maximum absolute atomic E-state index is 13.7. The molecule has 11 rings (SSSR count). The summed E-state index contributed by atoms with van der Waals surface area (Å²) in [4.78, 5) is 24.6. The van der Waals surface area contributed by atoms with Gasteiger partial charge < -0.3 is 93.3 Å². The van der Waals surface area contributed by atoms with Gasteiger partial charge in [-0.1, -0.05) is 72.8 Å². The minimum Gasteiger partial charge on any atom is -0.391 e. The average molecular weight is 1510 g/mol. The number of benzene rings is 3. The molecule has 6 fully saturated rings. The lowest BCUT2D eigenvalue weighted by molar-refractivity contribution is -0.186. The molecule has 6 heterocycles. The molecule has 0 bridgehead atoms. The highest BCUT2D eigenvalue weighted by Crippen LogP contribution is 2.39. The summed E-state index contributed by atoms with van der Waals surface area (Å²) in [5, 5.41) is 61.5. The zero-order valence-corrected chi connectivity index (χ0v) is 65.9. The van der Waals surface area contributed by atoms with Crippen molar-refractivity contribution in [2.24, 2.45) is 5.92 Å². The number of aryl methyl sites for hydroxylation is 1. The number of hydrogen-bond acceptors (Lipinski definition) is 25. The van der Waals surface area contributed by atoms with Gasteiger partial charge in [-0.2, -0.15) is 0 Å². The van der Waals surface area contributed by atoms with Crippen molar-refractivity contribution in [3.8, 4) is 0 Å². The number of hydrogen-bond donors (Lipinski definition) is 7. The molecule has 5 aliphatic heterocycles. The Kier molecular flexibility index (Phi) is 46.4. The Morgan fingerprint density at radius 1 is 0.514 bits per heavy atom. The molecule has 1 aromatic heterocycles. The van der Waals surface area contributed by atoms with E-state index in [9.17, 15) is 35.0 Å². The Morgan fingerprint density at radius 2 is 0.981 bits per heavy atom. The van der Waals surface area contributed by atoms with Crippen molar-refractivity contribution in [1.29, 1.82) is 0 Å². The van der Waals surface area contributed by atoms with E-state index in [4.69, 9.17) is 42.6 Å². The number of aromatic nitrogens is 2. The van der Waals surface area contributed by atoms with E-state index in [0.717, 1.165) is 194 Å². The maximum atomic E-state index is 13.7. The number of nitrogens with one attached hydrogen (secondary N) is 1. The van der Waals surface area contributed by atoms with Crippen LogP contribution in [0.3, 0.4) is 0 Å². The first-order valence-electron chi connectivity index (χ1n) is 39.4. The van der Waals surface area contributed by atoms with Crippen molar-refractivity contribution >= 4 is 5.82 Å². The third-order valence-electron chi connectivity index (χ3n) is 20.7. The number of nitrogens with zero attached hydrogens (tertiary/aromatic N) is 9. The van der Waals surface area contributed by atoms with Crippen LogP contribution in [0.25, 0.3) is 0 Å². The third kappa shape index (κ3) is 36.7. The van der Waals surface area contributed by atoms with Crippen molar-refractivity contribution in [2.75, 3.05) is 251 Å². The maximum Gasteiger partial charge on any atom is 0.170 e. The van der Waals surface area contributed by atoms with Crippen molar-refractivity contribution in [3.63, 3.8) is 0 Å². The number of rotatable bonds is 34. The second-order valence-electron chi connectivity index (χ2n) is 29.2. The first-order valence-corrected chi connectivity index (χ1v) is 39.4. The van der Waals surface area contributed by atoms with Gasteiger partial charge in [0.1, 0.15) is 11.6 Å². The summed E-state index contributed by atoms with van der Waals surface area (Å²) in [6, 6.07) is 26.7. The molecule has 0 radical (unpaired) electrons. The predicted octanol–water partition coefficient (Wildman–Crippen LogP) is 5.10. The topological polar surface area (TPSA) is 265 Å². The molecule has 608 valence electrons. The number of likely N-dealkylation sites (tertiary alicyclic amines) is 1. The molecule has 7 atom stereocenters. The summed E-state index contributed by atoms with van der Waals surface area (Å²) in [6.45, 7) is 27.0. The molecule has 107 heavy (non-hydrogen) atoms. The summed E-state index contributed by atoms with van der Waals surface area (Å²) in [7, 11) is 9.68. The van der Waals surface area contributed by atoms with Gasteiger partial charge in [0, 0.05) is 218 Å². The van der Waals surface area contributed by atoms with Crippen LogP contribution in [0.1, 0.15) is 98.9 Å². The van der Waals surface area contributed by atoms with Crippen molar-refractivity contribution in [1.82, 2.24) is 44.7 Å². The Balaban J connectivity index is 0.000000201. The van der Waals surface area contributed by atoms with E-state index in [2.05, 4.69) is 104 Å². The normalized spacial score (nSPS) is 21.9. The van der Waals surface area contributed by atoms with E-state index in [0.29, 0.717) is 96.9 Å². The van der Waals surface area contributed by atoms with Gasteiger partial charge in [0.05, 0.1) is 102 Å². The molecule has 5 saturated heterocycles. The highest BCUT2D eigenvalue weighted by Gasteiger charge is 2.40. The van der Waals surface area contributed by atoms with E-state index in [1.165, 1.54) is 29.5 Å². The number of halogens is 1. The molecule has 2 aliphatic carbocycles. The summed E-state index contributed by atoms with van der Waals surface area (Å²) in [6.07, 6.45) is 14.3. The van der Waals surface area contributed by atoms with Crippen molar-refractivity contribution in [3.05, 3.63) is 126 Å². The van der Waals surface area contributed by atoms with Crippen LogP contribution in [0.4, 0.5) is 10.2 Å². The number of aliphatic hydroxyl groups excluding tert-OH is 6. The number of fused-ring (bicyclic) bond motifs is 1. The lowest BCUT2D eigenvalue weighted by Crippen LogP contribution is -2.49. The lowest BCUT2D eigenvalue weighted by atomic mass is 9.77. The average Bonchev–Trinajstić information content (AvgIpc) is 1.81. The van der Waals surface area contributed by atoms with Crippen LogP contribution in [-0.4, -0.2) is 359 Å². The Labute approximate surface area is 639 Å². The van der Waals surface area contributed by atoms with Crippen LogP contribution in [0, 0.1) is 11.7 Å². The van der Waals surface area contributed by atoms with Gasteiger partial charge in [-0.3, -0.25) is 24.6 Å². The van der Waals surface area contributed by atoms with E-state index >= 15 is 0 Å². The molecule has 7 N–H and O–H groups in total. The van der Waals surface area contributed by atoms with Crippen LogP contribution >= 0.6 is 0 Å². The molecule has 6 unspecified atom stereocenters. The van der Waals surface area contributed by atoms with Crippen molar-refractivity contribution < 1.29 is 77.7 Å². The molecular formula is C81H137FN10O15. The first kappa shape index (κ1) is 91.5. The van der Waals surface area contributed by atoms with Gasteiger partial charge in [0.25, 0.3) is 0 Å². The summed E-state index contributed by atoms with van der Waals surface area (Å²) in [5.74, 6) is 1.42. The van der Waals surface area contributed by atoms with Crippen LogP contribution in [0.15, 0.2) is 97.5 Å². The van der Waals surface area contributed by atoms with Gasteiger partial charge in [0.15, 0.2) is 5.79 Å². The Hall–Kier alpha value is -4.41. The molecule has 1 saturated carbocycles. The largest absolute Gasteiger partial charge is 0.391 e. The van der Waals surface area contributed by atoms with Crippen molar-refractivity contribution in [2.45, 2.75) is 132 Å². The fourth-order valence-electron chi connectivity index (χ4n) is 15.0. The van der Waals surface area contributed by atoms with Crippen LogP contribution < -0.4 is 10.2 Å². The zero-order chi connectivity index (χ0) is 76.7. The van der Waals surface area contributed by atoms with Gasteiger partial charge >= 0.3 is 0 Å². The molecule has 25 nitrogen and oxygen atoms in total. The fraction of sp³-hybridized carbons (Fsp3) is 0.728. The smallest absolute Gasteiger partial charge is 0.170 e. The molecule has 4 aromatic rings. The zero-order valence-electron chi connectivity index (χ0n) is 65.9. The van der Waals surface area contributed by atoms with E-state index < -0.39 is 18.3 Å². The quantitative estimate of drug-likeness (QED) is 0.0300. The van der Waals surface area contributed by atoms with E-state index in [1.807, 2.05) is 19.1 Å². The number of β-amino-alcohol motifs (C(OH)–C–C–N with tert-alkyl or cyclic N) is 4. The number of ether oxygens (including phenoxy) is 9. The monoisotopic (exact) mass is 1510 g/mol. The van der Waals surface area contributed by atoms with Gasteiger partial charge in [-0.25, -0.2) is 9.37 Å². The van der Waals surface area contributed by atoms with Crippen LogP contribution in [0.5, 0.6) is 0 Å². The van der Waals surface area contributed by atoms with Gasteiger partial charge in [-0.05, 0) is 105 Å². The molecule has 7 aliphatic rings. The molecule has 26 heteroatoms. The second kappa shape index (κ2) is 54.3. The van der Waals surface area contributed by atoms with E-state index in [-0.39, 0.29) is 29.9 Å². The highest BCUT2D eigenvalue weighted by atomic mass is 19.1. The SMILES string of the molecule is CCOCCN1CCN(CC(O)COC)CC1.COCC(O)CC1CCC(c2ccccc2F)CC1.COCC(O)CN1CCC2(CC1)OCCO2.COCC(O)CN1CCN(CCc2ccccc2)CC1.COCC(O)CN1CCN(c2cnccn2)CC1.COCC(O)CN[C@@H]1CCCc2ccccc21. The number of piperidine rings is 1. The third-order valence-corrected chi connectivity index (χ3v) is 20.7. The lowest BCUT2D eigenvalue weighted by Gasteiger charge is -2.38. The number of anilines is 1. The first-order chi connectivity index (χ1) is 52.1. The Morgan fingerprint density at radius 3 is 1.50 bits per heavy atom. The van der Waals surface area contributed by atoms with Gasteiger partial charge in [0.2, 0.25) is 0 Å². The minimum atomic E-state index is -0.422. The molecule has 0 amide bonds. The highest BCUT2D eigenvalue weighted by molar-refractivity contribution is 5.36. The fourth-order valence-corrected chi connectivity index (χ4v) is 15.0. The number of methoxy groups -OCH3 is 6. The number of piperazine rings is 3. The molecule has 3 aromatic carbocycles. The predicted molar refractivity (Wildman–Crippen MR) is 417 cm³/mol. The summed E-state index contributed by atoms with van der Waals surface area (Å²) in [5.41, 5.74) is 5.10.